The van der Waals surface area contributed by atoms with E-state index < -0.39 is 5.97 Å². The SMILES string of the molecule is COC(=O)c1ccc2c(C)cc(-c3ccc(SCc4ccccc4)cc3F)nc2c1. The molecule has 0 atom stereocenters. The van der Waals surface area contributed by atoms with Crippen molar-refractivity contribution in [1.82, 2.24) is 4.98 Å². The van der Waals surface area contributed by atoms with Gasteiger partial charge in [0.1, 0.15) is 5.82 Å². The number of fused-ring (bicyclic) bond motifs is 1. The molecule has 0 N–H and O–H groups in total. The summed E-state index contributed by atoms with van der Waals surface area (Å²) in [5.74, 6) is 0.0414. The van der Waals surface area contributed by atoms with Gasteiger partial charge in [0.15, 0.2) is 0 Å². The third kappa shape index (κ3) is 4.21. The van der Waals surface area contributed by atoms with Crippen LogP contribution >= 0.6 is 11.8 Å². The zero-order valence-corrected chi connectivity index (χ0v) is 17.5. The van der Waals surface area contributed by atoms with E-state index in [1.165, 1.54) is 12.7 Å². The van der Waals surface area contributed by atoms with Crippen molar-refractivity contribution in [3.8, 4) is 11.3 Å². The number of nitrogens with zero attached hydrogens (tertiary/aromatic N) is 1. The van der Waals surface area contributed by atoms with E-state index in [1.807, 2.05) is 43.3 Å². The van der Waals surface area contributed by atoms with Crippen molar-refractivity contribution in [2.45, 2.75) is 17.6 Å². The molecule has 3 nitrogen and oxygen atoms in total. The summed E-state index contributed by atoms with van der Waals surface area (Å²) in [5.41, 5.74) is 4.19. The zero-order chi connectivity index (χ0) is 21.1. The van der Waals surface area contributed by atoms with Crippen molar-refractivity contribution in [3.63, 3.8) is 0 Å². The first kappa shape index (κ1) is 20.1. The molecule has 5 heteroatoms. The van der Waals surface area contributed by atoms with E-state index in [-0.39, 0.29) is 5.82 Å². The number of esters is 1. The summed E-state index contributed by atoms with van der Waals surface area (Å²) in [5, 5.41) is 0.918. The van der Waals surface area contributed by atoms with Crippen molar-refractivity contribution in [2.24, 2.45) is 0 Å². The molecule has 0 amide bonds. The maximum absolute atomic E-state index is 14.9. The van der Waals surface area contributed by atoms with Crippen LogP contribution in [-0.4, -0.2) is 18.1 Å². The Morgan fingerprint density at radius 2 is 1.83 bits per heavy atom. The molecule has 0 aliphatic heterocycles. The van der Waals surface area contributed by atoms with Crippen molar-refractivity contribution < 1.29 is 13.9 Å². The van der Waals surface area contributed by atoms with Crippen molar-refractivity contribution >= 4 is 28.6 Å². The molecule has 1 aromatic heterocycles. The van der Waals surface area contributed by atoms with Gasteiger partial charge in [-0.15, -0.1) is 11.8 Å². The highest BCUT2D eigenvalue weighted by molar-refractivity contribution is 7.98. The molecule has 0 saturated carbocycles. The summed E-state index contributed by atoms with van der Waals surface area (Å²) < 4.78 is 19.7. The highest BCUT2D eigenvalue weighted by atomic mass is 32.2. The fourth-order valence-electron chi connectivity index (χ4n) is 3.32. The number of aryl methyl sites for hydroxylation is 1. The minimum Gasteiger partial charge on any atom is -0.465 e. The van der Waals surface area contributed by atoms with Gasteiger partial charge < -0.3 is 4.74 Å². The van der Waals surface area contributed by atoms with Crippen molar-refractivity contribution in [1.29, 1.82) is 0 Å². The number of rotatable bonds is 5. The Bertz CT molecular complexity index is 1220. The van der Waals surface area contributed by atoms with Gasteiger partial charge >= 0.3 is 5.97 Å². The number of carbonyl (C=O) groups is 1. The van der Waals surface area contributed by atoms with E-state index in [1.54, 1.807) is 36.0 Å². The lowest BCUT2D eigenvalue weighted by atomic mass is 10.0. The minimum absolute atomic E-state index is 0.316. The predicted octanol–water partition coefficient (Wildman–Crippen LogP) is 6.43. The lowest BCUT2D eigenvalue weighted by Gasteiger charge is -2.10. The second-order valence-electron chi connectivity index (χ2n) is 6.96. The molecule has 1 heterocycles. The molecule has 0 unspecified atom stereocenters. The van der Waals surface area contributed by atoms with E-state index in [4.69, 9.17) is 4.74 Å². The lowest BCUT2D eigenvalue weighted by Crippen LogP contribution is -2.01. The molecule has 30 heavy (non-hydrogen) atoms. The summed E-state index contributed by atoms with van der Waals surface area (Å²) in [6.07, 6.45) is 0. The number of aromatic nitrogens is 1. The number of pyridine rings is 1. The molecule has 4 aromatic rings. The van der Waals surface area contributed by atoms with Crippen LogP contribution in [0.1, 0.15) is 21.5 Å². The van der Waals surface area contributed by atoms with E-state index in [0.717, 1.165) is 21.6 Å². The Labute approximate surface area is 178 Å². The Balaban J connectivity index is 1.64. The van der Waals surface area contributed by atoms with Gasteiger partial charge in [0, 0.05) is 21.6 Å². The number of methoxy groups -OCH3 is 1. The normalized spacial score (nSPS) is 10.9. The monoisotopic (exact) mass is 417 g/mol. The van der Waals surface area contributed by atoms with Crippen molar-refractivity contribution in [3.05, 3.63) is 95.3 Å². The van der Waals surface area contributed by atoms with Crippen LogP contribution < -0.4 is 0 Å². The van der Waals surface area contributed by atoms with Gasteiger partial charge in [0.05, 0.1) is 23.9 Å². The molecule has 0 fully saturated rings. The lowest BCUT2D eigenvalue weighted by molar-refractivity contribution is 0.0601. The number of hydrogen-bond acceptors (Lipinski definition) is 4. The average molecular weight is 418 g/mol. The Hall–Kier alpha value is -3.18. The topological polar surface area (TPSA) is 39.2 Å². The molecule has 3 aromatic carbocycles. The van der Waals surface area contributed by atoms with Crippen LogP contribution in [-0.2, 0) is 10.5 Å². The zero-order valence-electron chi connectivity index (χ0n) is 16.7. The van der Waals surface area contributed by atoms with Crippen LogP contribution in [0.15, 0.2) is 77.7 Å². The second kappa shape index (κ2) is 8.67. The van der Waals surface area contributed by atoms with Crippen LogP contribution in [0, 0.1) is 12.7 Å². The fourth-order valence-corrected chi connectivity index (χ4v) is 4.20. The van der Waals surface area contributed by atoms with E-state index in [0.29, 0.717) is 22.3 Å². The molecule has 0 radical (unpaired) electrons. The molecule has 150 valence electrons. The van der Waals surface area contributed by atoms with E-state index in [9.17, 15) is 9.18 Å². The van der Waals surface area contributed by atoms with Crippen LogP contribution in [0.2, 0.25) is 0 Å². The molecular weight excluding hydrogens is 397 g/mol. The maximum Gasteiger partial charge on any atom is 0.337 e. The summed E-state index contributed by atoms with van der Waals surface area (Å²) in [7, 11) is 1.34. The first-order valence-corrected chi connectivity index (χ1v) is 10.5. The number of ether oxygens (including phenoxy) is 1. The molecule has 0 bridgehead atoms. The third-order valence-electron chi connectivity index (χ3n) is 4.90. The molecular formula is C25H20FNO2S. The molecule has 4 rings (SSSR count). The van der Waals surface area contributed by atoms with E-state index >= 15 is 0 Å². The first-order chi connectivity index (χ1) is 14.5. The van der Waals surface area contributed by atoms with Gasteiger partial charge in [0.25, 0.3) is 0 Å². The summed E-state index contributed by atoms with van der Waals surface area (Å²) >= 11 is 1.59. The molecule has 0 saturated heterocycles. The van der Waals surface area contributed by atoms with Gasteiger partial charge in [0.2, 0.25) is 0 Å². The highest BCUT2D eigenvalue weighted by Crippen LogP contribution is 2.31. The fraction of sp³-hybridized carbons (Fsp3) is 0.120. The number of thioether (sulfide) groups is 1. The Morgan fingerprint density at radius 3 is 2.57 bits per heavy atom. The summed E-state index contributed by atoms with van der Waals surface area (Å²) in [6, 6.07) is 22.4. The Morgan fingerprint density at radius 1 is 1.03 bits per heavy atom. The van der Waals surface area contributed by atoms with Crippen molar-refractivity contribution in [2.75, 3.05) is 7.11 Å². The quantitative estimate of drug-likeness (QED) is 0.277. The van der Waals surface area contributed by atoms with Gasteiger partial charge in [-0.25, -0.2) is 14.2 Å². The van der Waals surface area contributed by atoms with Gasteiger partial charge in [-0.3, -0.25) is 0 Å². The van der Waals surface area contributed by atoms with Crippen LogP contribution in [0.4, 0.5) is 4.39 Å². The molecule has 0 aliphatic rings. The highest BCUT2D eigenvalue weighted by Gasteiger charge is 2.13. The summed E-state index contributed by atoms with van der Waals surface area (Å²) in [4.78, 5) is 17.3. The average Bonchev–Trinajstić information content (AvgIpc) is 2.77. The number of hydrogen-bond donors (Lipinski definition) is 0. The smallest absolute Gasteiger partial charge is 0.337 e. The standard InChI is InChI=1S/C25H20FNO2S/c1-16-12-23(27-24-13-18(25(28)29-2)8-10-20(16)24)21-11-9-19(14-22(21)26)30-15-17-6-4-3-5-7-17/h3-14H,15H2,1-2H3. The predicted molar refractivity (Wildman–Crippen MR) is 119 cm³/mol. The van der Waals surface area contributed by atoms with Gasteiger partial charge in [-0.05, 0) is 54.4 Å². The first-order valence-electron chi connectivity index (χ1n) is 9.51. The molecule has 0 aliphatic carbocycles. The number of carbonyl (C=O) groups excluding carboxylic acids is 1. The number of benzene rings is 3. The van der Waals surface area contributed by atoms with E-state index in [2.05, 4.69) is 17.1 Å². The summed E-state index contributed by atoms with van der Waals surface area (Å²) in [6.45, 7) is 1.95. The van der Waals surface area contributed by atoms with Crippen LogP contribution in [0.3, 0.4) is 0 Å². The second-order valence-corrected chi connectivity index (χ2v) is 8.01. The minimum atomic E-state index is -0.423. The number of halogens is 1. The molecule has 0 spiro atoms. The maximum atomic E-state index is 14.9. The Kier molecular flexibility index (Phi) is 5.81. The third-order valence-corrected chi connectivity index (χ3v) is 5.97. The largest absolute Gasteiger partial charge is 0.465 e. The van der Waals surface area contributed by atoms with Crippen LogP contribution in [0.25, 0.3) is 22.2 Å². The van der Waals surface area contributed by atoms with Gasteiger partial charge in [-0.1, -0.05) is 36.4 Å². The van der Waals surface area contributed by atoms with Crippen LogP contribution in [0.5, 0.6) is 0 Å². The van der Waals surface area contributed by atoms with Gasteiger partial charge in [-0.2, -0.15) is 0 Å².